The van der Waals surface area contributed by atoms with Crippen molar-refractivity contribution in [2.24, 2.45) is 0 Å². The fraction of sp³-hybridized carbons (Fsp3) is 0. The molecule has 9 heavy (non-hydrogen) atoms. The lowest BCUT2D eigenvalue weighted by atomic mass is 9.95. The number of halogens is 1. The first kappa shape index (κ1) is 6.49. The molecule has 44 valence electrons. The Morgan fingerprint density at radius 3 is 2.56 bits per heavy atom. The normalized spacial score (nSPS) is 9.44. The van der Waals surface area contributed by atoms with Crippen LogP contribution in [0.2, 0.25) is 5.02 Å². The van der Waals surface area contributed by atoms with Gasteiger partial charge in [-0.1, -0.05) is 17.1 Å². The number of phenols is 1. The molecule has 0 saturated carbocycles. The Morgan fingerprint density at radius 1 is 1.44 bits per heavy atom. The van der Waals surface area contributed by atoms with Crippen LogP contribution in [-0.2, 0) is 0 Å². The summed E-state index contributed by atoms with van der Waals surface area (Å²) in [5.74, 6) is 0.0689. The second-order valence-corrected chi connectivity index (χ2v) is 2.14. The lowest BCUT2D eigenvalue weighted by Gasteiger charge is -1.96. The van der Waals surface area contributed by atoms with E-state index in [9.17, 15) is 0 Å². The van der Waals surface area contributed by atoms with Crippen LogP contribution in [0, 0.1) is 0 Å². The van der Waals surface area contributed by atoms with Gasteiger partial charge in [0.15, 0.2) is 0 Å². The number of hydrogen-bond donors (Lipinski definition) is 1. The van der Waals surface area contributed by atoms with E-state index in [1.807, 2.05) is 0 Å². The molecule has 1 aromatic rings. The van der Waals surface area contributed by atoms with Crippen LogP contribution in [0.15, 0.2) is 18.2 Å². The highest BCUT2D eigenvalue weighted by atomic mass is 35.5. The topological polar surface area (TPSA) is 20.2 Å². The molecule has 0 spiro atoms. The molecule has 1 nitrogen and oxygen atoms in total. The quantitative estimate of drug-likeness (QED) is 0.527. The van der Waals surface area contributed by atoms with E-state index in [4.69, 9.17) is 24.6 Å². The van der Waals surface area contributed by atoms with Gasteiger partial charge >= 0.3 is 0 Å². The molecule has 0 heterocycles. The molecule has 0 aliphatic heterocycles. The van der Waals surface area contributed by atoms with Gasteiger partial charge < -0.3 is 5.11 Å². The summed E-state index contributed by atoms with van der Waals surface area (Å²) in [5, 5.41) is 9.39. The molecule has 0 amide bonds. The summed E-state index contributed by atoms with van der Waals surface area (Å²) in [5.41, 5.74) is 0.308. The van der Waals surface area contributed by atoms with Crippen LogP contribution in [0.4, 0.5) is 0 Å². The van der Waals surface area contributed by atoms with Crippen molar-refractivity contribution < 1.29 is 5.11 Å². The number of hydrogen-bond acceptors (Lipinski definition) is 1. The first-order valence-electron chi connectivity index (χ1n) is 2.44. The molecule has 1 rings (SSSR count). The lowest BCUT2D eigenvalue weighted by Crippen LogP contribution is -2.00. The summed E-state index contributed by atoms with van der Waals surface area (Å²) in [7, 11) is 5.29. The number of aromatic hydroxyl groups is 1. The third-order valence-corrected chi connectivity index (χ3v) is 1.22. The predicted molar refractivity (Wildman–Crippen MR) is 38.5 cm³/mol. The van der Waals surface area contributed by atoms with Crippen LogP contribution in [0.3, 0.4) is 0 Å². The maximum Gasteiger partial charge on any atom is 0.119 e. The van der Waals surface area contributed by atoms with Crippen molar-refractivity contribution in [1.29, 1.82) is 0 Å². The van der Waals surface area contributed by atoms with Crippen molar-refractivity contribution in [1.82, 2.24) is 0 Å². The van der Waals surface area contributed by atoms with Crippen molar-refractivity contribution >= 4 is 24.9 Å². The van der Waals surface area contributed by atoms with E-state index in [-0.39, 0.29) is 5.75 Å². The monoisotopic (exact) mass is 138 g/mol. The third-order valence-electron chi connectivity index (χ3n) is 0.990. The minimum absolute atomic E-state index is 0.0689. The lowest BCUT2D eigenvalue weighted by molar-refractivity contribution is 0.479. The third kappa shape index (κ3) is 1.39. The van der Waals surface area contributed by atoms with E-state index in [1.54, 1.807) is 6.07 Å². The zero-order valence-electron chi connectivity index (χ0n) is 4.63. The van der Waals surface area contributed by atoms with Crippen molar-refractivity contribution in [3.63, 3.8) is 0 Å². The zero-order chi connectivity index (χ0) is 6.85. The zero-order valence-corrected chi connectivity index (χ0v) is 5.39. The van der Waals surface area contributed by atoms with E-state index >= 15 is 0 Å². The average molecular weight is 138 g/mol. The largest absolute Gasteiger partial charge is 0.509 e. The fourth-order valence-electron chi connectivity index (χ4n) is 0.525. The molecular weight excluding hydrogens is 134 g/mol. The highest BCUT2D eigenvalue weighted by Crippen LogP contribution is 2.10. The highest BCUT2D eigenvalue weighted by Gasteiger charge is 1.92. The molecule has 0 aromatic heterocycles. The fourth-order valence-corrected chi connectivity index (χ4v) is 0.706. The van der Waals surface area contributed by atoms with Gasteiger partial charge in [0.25, 0.3) is 0 Å². The maximum atomic E-state index is 8.86. The van der Waals surface area contributed by atoms with E-state index < -0.39 is 0 Å². The summed E-state index contributed by atoms with van der Waals surface area (Å²) in [6.07, 6.45) is 0. The Kier molecular flexibility index (Phi) is 1.67. The summed E-state index contributed by atoms with van der Waals surface area (Å²) in [6, 6.07) is 4.53. The highest BCUT2D eigenvalue weighted by molar-refractivity contribution is 6.37. The van der Waals surface area contributed by atoms with Crippen molar-refractivity contribution in [3.8, 4) is 5.75 Å². The van der Waals surface area contributed by atoms with E-state index in [0.29, 0.717) is 10.5 Å². The SMILES string of the molecule is [B]c1cc(Cl)ccc1O. The van der Waals surface area contributed by atoms with Gasteiger partial charge in [-0.15, -0.1) is 0 Å². The first-order valence-corrected chi connectivity index (χ1v) is 2.82. The van der Waals surface area contributed by atoms with Crippen molar-refractivity contribution in [3.05, 3.63) is 23.2 Å². The van der Waals surface area contributed by atoms with Crippen LogP contribution in [-0.4, -0.2) is 13.0 Å². The number of rotatable bonds is 0. The van der Waals surface area contributed by atoms with Gasteiger partial charge in [0.2, 0.25) is 0 Å². The van der Waals surface area contributed by atoms with E-state index in [2.05, 4.69) is 0 Å². The van der Waals surface area contributed by atoms with Gasteiger partial charge in [-0.2, -0.15) is 0 Å². The minimum atomic E-state index is 0.0689. The van der Waals surface area contributed by atoms with Gasteiger partial charge in [-0.05, 0) is 18.2 Å². The first-order chi connectivity index (χ1) is 4.20. The number of benzene rings is 1. The van der Waals surface area contributed by atoms with Crippen LogP contribution in [0.25, 0.3) is 0 Å². The van der Waals surface area contributed by atoms with Gasteiger partial charge in [-0.25, -0.2) is 0 Å². The van der Waals surface area contributed by atoms with Crippen LogP contribution in [0.1, 0.15) is 0 Å². The summed E-state index contributed by atoms with van der Waals surface area (Å²) in [4.78, 5) is 0. The molecule has 0 saturated heterocycles. The average Bonchev–Trinajstić information content (AvgIpc) is 1.80. The summed E-state index contributed by atoms with van der Waals surface area (Å²) in [6.45, 7) is 0. The Bertz CT molecular complexity index is 224. The summed E-state index contributed by atoms with van der Waals surface area (Å²) >= 11 is 5.53. The molecular formula is C6H4BClO. The molecule has 1 N–H and O–H groups in total. The molecule has 0 fully saturated rings. The van der Waals surface area contributed by atoms with Gasteiger partial charge in [0, 0.05) is 5.02 Å². The van der Waals surface area contributed by atoms with Crippen molar-refractivity contribution in [2.45, 2.75) is 0 Å². The molecule has 2 radical (unpaired) electrons. The van der Waals surface area contributed by atoms with E-state index in [1.165, 1.54) is 12.1 Å². The van der Waals surface area contributed by atoms with E-state index in [0.717, 1.165) is 0 Å². The molecule has 0 atom stereocenters. The smallest absolute Gasteiger partial charge is 0.119 e. The molecule has 0 bridgehead atoms. The van der Waals surface area contributed by atoms with Crippen LogP contribution in [0.5, 0.6) is 5.75 Å². The Hall–Kier alpha value is -0.625. The Labute approximate surface area is 59.7 Å². The second-order valence-electron chi connectivity index (χ2n) is 1.70. The predicted octanol–water partition coefficient (Wildman–Crippen LogP) is 0.839. The Morgan fingerprint density at radius 2 is 2.11 bits per heavy atom. The second kappa shape index (κ2) is 2.32. The minimum Gasteiger partial charge on any atom is -0.509 e. The Balaban J connectivity index is 3.17. The maximum absolute atomic E-state index is 8.86. The van der Waals surface area contributed by atoms with Gasteiger partial charge in [0.05, 0.1) is 0 Å². The van der Waals surface area contributed by atoms with Gasteiger partial charge in [-0.3, -0.25) is 0 Å². The number of phenolic OH excluding ortho intramolecular Hbond substituents is 1. The molecule has 0 aliphatic carbocycles. The molecule has 3 heteroatoms. The molecule has 0 aliphatic rings. The van der Waals surface area contributed by atoms with Crippen LogP contribution >= 0.6 is 11.6 Å². The van der Waals surface area contributed by atoms with Gasteiger partial charge in [0.1, 0.15) is 13.6 Å². The van der Waals surface area contributed by atoms with Crippen molar-refractivity contribution in [2.75, 3.05) is 0 Å². The molecule has 1 aromatic carbocycles. The van der Waals surface area contributed by atoms with Crippen LogP contribution < -0.4 is 5.46 Å². The summed E-state index contributed by atoms with van der Waals surface area (Å²) < 4.78 is 0. The molecule has 0 unspecified atom stereocenters. The standard InChI is InChI=1S/C6H4BClO/c7-5-3-4(8)1-2-6(5)9/h1-3,9H.